The Bertz CT molecular complexity index is 271. The quantitative estimate of drug-likeness (QED) is 0.805. The number of alkyl halides is 1. The van der Waals surface area contributed by atoms with Crippen LogP contribution in [0.5, 0.6) is 0 Å². The first kappa shape index (κ1) is 9.26. The smallest absolute Gasteiger partial charge is 0.0506 e. The summed E-state index contributed by atoms with van der Waals surface area (Å²) in [6, 6.07) is 1.90. The van der Waals surface area contributed by atoms with Crippen LogP contribution >= 0.6 is 15.9 Å². The highest BCUT2D eigenvalue weighted by molar-refractivity contribution is 9.09. The van der Waals surface area contributed by atoms with E-state index in [1.54, 1.807) is 12.4 Å². The second-order valence-electron chi connectivity index (χ2n) is 2.43. The molecule has 0 aliphatic carbocycles. The molecule has 64 valence electrons. The lowest BCUT2D eigenvalue weighted by molar-refractivity contribution is 1.26. The molecule has 0 fully saturated rings. The molecule has 0 spiro atoms. The van der Waals surface area contributed by atoms with Crippen molar-refractivity contribution in [3.8, 4) is 0 Å². The van der Waals surface area contributed by atoms with Gasteiger partial charge in [-0.15, -0.1) is 0 Å². The van der Waals surface area contributed by atoms with E-state index in [1.165, 1.54) is 0 Å². The third kappa shape index (κ3) is 3.05. The predicted molar refractivity (Wildman–Crippen MR) is 56.1 cm³/mol. The lowest BCUT2D eigenvalue weighted by atomic mass is 10.2. The van der Waals surface area contributed by atoms with Crippen LogP contribution in [-0.2, 0) is 0 Å². The number of rotatable bonds is 3. The van der Waals surface area contributed by atoms with E-state index in [0.717, 1.165) is 17.3 Å². The number of nitrogens with two attached hydrogens (primary N) is 1. The average molecular weight is 227 g/mol. The molecule has 0 bridgehead atoms. The van der Waals surface area contributed by atoms with Gasteiger partial charge in [-0.25, -0.2) is 0 Å². The van der Waals surface area contributed by atoms with E-state index in [4.69, 9.17) is 5.73 Å². The molecule has 0 unspecified atom stereocenters. The van der Waals surface area contributed by atoms with Gasteiger partial charge in [-0.1, -0.05) is 28.1 Å². The van der Waals surface area contributed by atoms with Gasteiger partial charge in [-0.05, 0) is 18.1 Å². The zero-order valence-electron chi connectivity index (χ0n) is 6.70. The highest BCUT2D eigenvalue weighted by Gasteiger charge is 1.87. The van der Waals surface area contributed by atoms with Crippen LogP contribution in [-0.4, -0.2) is 10.3 Å². The number of hydrogen-bond acceptors (Lipinski definition) is 2. The predicted octanol–water partition coefficient (Wildman–Crippen LogP) is 2.46. The Morgan fingerprint density at radius 3 is 3.00 bits per heavy atom. The van der Waals surface area contributed by atoms with Gasteiger partial charge in [-0.2, -0.15) is 0 Å². The third-order valence-electron chi connectivity index (χ3n) is 1.37. The first-order chi connectivity index (χ1) is 5.83. The van der Waals surface area contributed by atoms with Gasteiger partial charge < -0.3 is 5.73 Å². The average Bonchev–Trinajstić information content (AvgIpc) is 2.05. The molecule has 1 heterocycles. The SMILES string of the molecule is Nc1cncc(C=CCCBr)c1. The molecule has 12 heavy (non-hydrogen) atoms. The van der Waals surface area contributed by atoms with Crippen LogP contribution in [0.2, 0.25) is 0 Å². The third-order valence-corrected chi connectivity index (χ3v) is 1.82. The van der Waals surface area contributed by atoms with Gasteiger partial charge in [0.25, 0.3) is 0 Å². The summed E-state index contributed by atoms with van der Waals surface area (Å²) >= 11 is 3.35. The number of halogens is 1. The number of pyridine rings is 1. The van der Waals surface area contributed by atoms with Crippen molar-refractivity contribution >= 4 is 27.7 Å². The monoisotopic (exact) mass is 226 g/mol. The summed E-state index contributed by atoms with van der Waals surface area (Å²) in [5.74, 6) is 0. The molecule has 1 aromatic heterocycles. The molecule has 0 saturated heterocycles. The van der Waals surface area contributed by atoms with E-state index in [9.17, 15) is 0 Å². The largest absolute Gasteiger partial charge is 0.397 e. The van der Waals surface area contributed by atoms with Gasteiger partial charge in [0.2, 0.25) is 0 Å². The standard InChI is InChI=1S/C9H11BrN2/c10-4-2-1-3-8-5-9(11)7-12-6-8/h1,3,5-7H,2,4,11H2. The Kier molecular flexibility index (Phi) is 3.80. The van der Waals surface area contributed by atoms with Gasteiger partial charge in [-0.3, -0.25) is 4.98 Å². The molecule has 2 N–H and O–H groups in total. The second kappa shape index (κ2) is 4.93. The number of hydrogen-bond donors (Lipinski definition) is 1. The van der Waals surface area contributed by atoms with Gasteiger partial charge in [0, 0.05) is 17.7 Å². The maximum atomic E-state index is 5.56. The second-order valence-corrected chi connectivity index (χ2v) is 3.22. The topological polar surface area (TPSA) is 38.9 Å². The molecule has 0 amide bonds. The molecule has 0 aliphatic heterocycles. The molecule has 0 saturated carbocycles. The van der Waals surface area contributed by atoms with E-state index in [2.05, 4.69) is 27.0 Å². The number of anilines is 1. The van der Waals surface area contributed by atoms with Crippen LogP contribution in [0.3, 0.4) is 0 Å². The summed E-state index contributed by atoms with van der Waals surface area (Å²) in [5.41, 5.74) is 7.31. The highest BCUT2D eigenvalue weighted by Crippen LogP contribution is 2.06. The van der Waals surface area contributed by atoms with E-state index in [0.29, 0.717) is 5.69 Å². The molecule has 3 heteroatoms. The van der Waals surface area contributed by atoms with E-state index < -0.39 is 0 Å². The molecule has 0 radical (unpaired) electrons. The van der Waals surface area contributed by atoms with Gasteiger partial charge in [0.05, 0.1) is 5.69 Å². The van der Waals surface area contributed by atoms with Crippen molar-refractivity contribution in [1.82, 2.24) is 4.98 Å². The van der Waals surface area contributed by atoms with Crippen LogP contribution in [0.25, 0.3) is 6.08 Å². The van der Waals surface area contributed by atoms with E-state index in [1.807, 2.05) is 12.1 Å². The van der Waals surface area contributed by atoms with Crippen molar-refractivity contribution in [3.05, 3.63) is 30.1 Å². The minimum atomic E-state index is 0.705. The number of aromatic nitrogens is 1. The first-order valence-corrected chi connectivity index (χ1v) is 4.88. The normalized spacial score (nSPS) is 10.8. The van der Waals surface area contributed by atoms with Crippen molar-refractivity contribution in [3.63, 3.8) is 0 Å². The van der Waals surface area contributed by atoms with Gasteiger partial charge in [0.1, 0.15) is 0 Å². The molecular weight excluding hydrogens is 216 g/mol. The minimum absolute atomic E-state index is 0.705. The van der Waals surface area contributed by atoms with Crippen molar-refractivity contribution in [2.75, 3.05) is 11.1 Å². The molecule has 0 aromatic carbocycles. The van der Waals surface area contributed by atoms with Crippen molar-refractivity contribution in [1.29, 1.82) is 0 Å². The van der Waals surface area contributed by atoms with Gasteiger partial charge >= 0.3 is 0 Å². The lowest BCUT2D eigenvalue weighted by Crippen LogP contribution is -1.86. The Balaban J connectivity index is 2.63. The van der Waals surface area contributed by atoms with E-state index in [-0.39, 0.29) is 0 Å². The summed E-state index contributed by atoms with van der Waals surface area (Å²) in [5, 5.41) is 0.985. The highest BCUT2D eigenvalue weighted by atomic mass is 79.9. The van der Waals surface area contributed by atoms with Crippen molar-refractivity contribution in [2.45, 2.75) is 6.42 Å². The fourth-order valence-electron chi connectivity index (χ4n) is 0.850. The van der Waals surface area contributed by atoms with Crippen LogP contribution in [0.1, 0.15) is 12.0 Å². The number of allylic oxidation sites excluding steroid dienone is 1. The van der Waals surface area contributed by atoms with E-state index >= 15 is 0 Å². The van der Waals surface area contributed by atoms with Crippen molar-refractivity contribution < 1.29 is 0 Å². The summed E-state index contributed by atoms with van der Waals surface area (Å²) in [6.07, 6.45) is 8.56. The van der Waals surface area contributed by atoms with Crippen molar-refractivity contribution in [2.24, 2.45) is 0 Å². The first-order valence-electron chi connectivity index (χ1n) is 3.76. The number of nitrogens with zero attached hydrogens (tertiary/aromatic N) is 1. The van der Waals surface area contributed by atoms with Crippen LogP contribution in [0.4, 0.5) is 5.69 Å². The summed E-state index contributed by atoms with van der Waals surface area (Å²) in [4.78, 5) is 3.97. The Hall–Kier alpha value is -0.830. The Morgan fingerprint density at radius 2 is 2.33 bits per heavy atom. The molecule has 0 aliphatic rings. The maximum absolute atomic E-state index is 5.56. The summed E-state index contributed by atoms with van der Waals surface area (Å²) in [6.45, 7) is 0. The Morgan fingerprint density at radius 1 is 1.50 bits per heavy atom. The van der Waals surface area contributed by atoms with Crippen LogP contribution in [0, 0.1) is 0 Å². The number of nitrogen functional groups attached to an aromatic ring is 1. The maximum Gasteiger partial charge on any atom is 0.0506 e. The fourth-order valence-corrected chi connectivity index (χ4v) is 1.11. The fraction of sp³-hybridized carbons (Fsp3) is 0.222. The zero-order chi connectivity index (χ0) is 8.81. The summed E-state index contributed by atoms with van der Waals surface area (Å²) in [7, 11) is 0. The zero-order valence-corrected chi connectivity index (χ0v) is 8.29. The molecule has 2 nitrogen and oxygen atoms in total. The van der Waals surface area contributed by atoms with Gasteiger partial charge in [0.15, 0.2) is 0 Å². The molecule has 0 atom stereocenters. The summed E-state index contributed by atoms with van der Waals surface area (Å²) < 4.78 is 0. The lowest BCUT2D eigenvalue weighted by Gasteiger charge is -1.93. The van der Waals surface area contributed by atoms with Crippen LogP contribution < -0.4 is 5.73 Å². The molecule has 1 aromatic rings. The molecular formula is C9H11BrN2. The van der Waals surface area contributed by atoms with Crippen LogP contribution in [0.15, 0.2) is 24.5 Å². The minimum Gasteiger partial charge on any atom is -0.397 e. The molecule has 1 rings (SSSR count). The Labute approximate surface area is 80.6 Å².